The molecule has 0 saturated heterocycles. The third-order valence-corrected chi connectivity index (χ3v) is 3.25. The van der Waals surface area contributed by atoms with Crippen LogP contribution in [0.2, 0.25) is 0 Å². The van der Waals surface area contributed by atoms with Crippen LogP contribution in [-0.2, 0) is 0 Å². The number of hydrogen-bond donors (Lipinski definition) is 2. The van der Waals surface area contributed by atoms with Gasteiger partial charge in [0.05, 0.1) is 5.60 Å². The molecule has 2 heteroatoms. The molecule has 1 fully saturated rings. The maximum Gasteiger partial charge on any atom is 0.0659 e. The molecule has 0 heterocycles. The van der Waals surface area contributed by atoms with Crippen molar-refractivity contribution in [3.63, 3.8) is 0 Å². The molecule has 0 atom stereocenters. The molecule has 0 aliphatic heterocycles. The molecule has 11 heavy (non-hydrogen) atoms. The molecule has 0 unspecified atom stereocenters. The molecular weight excluding hydrogens is 138 g/mol. The van der Waals surface area contributed by atoms with Crippen LogP contribution in [0, 0.1) is 5.41 Å². The Morgan fingerprint density at radius 3 is 2.00 bits per heavy atom. The highest BCUT2D eigenvalue weighted by molar-refractivity contribution is 4.97. The summed E-state index contributed by atoms with van der Waals surface area (Å²) in [5.41, 5.74) is 5.10. The summed E-state index contributed by atoms with van der Waals surface area (Å²) in [5, 5.41) is 9.89. The van der Waals surface area contributed by atoms with Crippen LogP contribution in [0.4, 0.5) is 0 Å². The van der Waals surface area contributed by atoms with E-state index >= 15 is 0 Å². The standard InChI is InChI=1S/C9H19NO/c1-8(2,11)9(7-10)5-3-4-6-9/h11H,3-7,10H2,1-2H3. The topological polar surface area (TPSA) is 46.2 Å². The second-order valence-corrected chi connectivity index (χ2v) is 4.25. The van der Waals surface area contributed by atoms with Gasteiger partial charge in [0.15, 0.2) is 0 Å². The van der Waals surface area contributed by atoms with Gasteiger partial charge in [-0.2, -0.15) is 0 Å². The van der Waals surface area contributed by atoms with Crippen molar-refractivity contribution in [2.45, 2.75) is 45.1 Å². The smallest absolute Gasteiger partial charge is 0.0659 e. The van der Waals surface area contributed by atoms with Crippen LogP contribution < -0.4 is 5.73 Å². The van der Waals surface area contributed by atoms with Gasteiger partial charge in [-0.25, -0.2) is 0 Å². The molecule has 1 rings (SSSR count). The molecule has 0 aromatic carbocycles. The number of aliphatic hydroxyl groups is 1. The second-order valence-electron chi connectivity index (χ2n) is 4.25. The first-order valence-corrected chi connectivity index (χ1v) is 4.44. The van der Waals surface area contributed by atoms with Crippen molar-refractivity contribution >= 4 is 0 Å². The van der Waals surface area contributed by atoms with Crippen molar-refractivity contribution in [3.05, 3.63) is 0 Å². The summed E-state index contributed by atoms with van der Waals surface area (Å²) in [6.07, 6.45) is 4.63. The molecule has 0 aromatic heterocycles. The summed E-state index contributed by atoms with van der Waals surface area (Å²) >= 11 is 0. The minimum Gasteiger partial charge on any atom is -0.390 e. The molecule has 0 bridgehead atoms. The van der Waals surface area contributed by atoms with Gasteiger partial charge in [-0.1, -0.05) is 12.8 Å². The first-order chi connectivity index (χ1) is 5.02. The lowest BCUT2D eigenvalue weighted by Crippen LogP contribution is -2.46. The van der Waals surface area contributed by atoms with Crippen molar-refractivity contribution in [3.8, 4) is 0 Å². The van der Waals surface area contributed by atoms with Gasteiger partial charge in [0.2, 0.25) is 0 Å². The zero-order valence-corrected chi connectivity index (χ0v) is 7.56. The highest BCUT2D eigenvalue weighted by Gasteiger charge is 2.44. The number of nitrogens with two attached hydrogens (primary N) is 1. The van der Waals surface area contributed by atoms with Crippen molar-refractivity contribution in [1.82, 2.24) is 0 Å². The maximum absolute atomic E-state index is 9.89. The minimum atomic E-state index is -0.599. The molecule has 1 aliphatic rings. The SMILES string of the molecule is CC(C)(O)C1(CN)CCCC1. The molecule has 2 nitrogen and oxygen atoms in total. The summed E-state index contributed by atoms with van der Waals surface area (Å²) in [5.74, 6) is 0. The van der Waals surface area contributed by atoms with E-state index < -0.39 is 5.60 Å². The summed E-state index contributed by atoms with van der Waals surface area (Å²) in [4.78, 5) is 0. The number of rotatable bonds is 2. The Bertz CT molecular complexity index is 131. The van der Waals surface area contributed by atoms with Gasteiger partial charge in [0.1, 0.15) is 0 Å². The van der Waals surface area contributed by atoms with Crippen LogP contribution in [0.25, 0.3) is 0 Å². The zero-order chi connectivity index (χ0) is 8.54. The highest BCUT2D eigenvalue weighted by atomic mass is 16.3. The monoisotopic (exact) mass is 157 g/mol. The molecule has 1 aliphatic carbocycles. The van der Waals surface area contributed by atoms with Crippen LogP contribution in [-0.4, -0.2) is 17.3 Å². The average molecular weight is 157 g/mol. The molecule has 66 valence electrons. The van der Waals surface area contributed by atoms with E-state index in [0.29, 0.717) is 6.54 Å². The molecule has 0 amide bonds. The molecule has 0 spiro atoms. The van der Waals surface area contributed by atoms with E-state index in [4.69, 9.17) is 5.73 Å². The van der Waals surface area contributed by atoms with Gasteiger partial charge in [0, 0.05) is 12.0 Å². The predicted molar refractivity (Wildman–Crippen MR) is 46.3 cm³/mol. The highest BCUT2D eigenvalue weighted by Crippen LogP contribution is 2.45. The Morgan fingerprint density at radius 1 is 1.36 bits per heavy atom. The van der Waals surface area contributed by atoms with Crippen molar-refractivity contribution in [2.75, 3.05) is 6.54 Å². The van der Waals surface area contributed by atoms with E-state index in [-0.39, 0.29) is 5.41 Å². The second kappa shape index (κ2) is 2.76. The van der Waals surface area contributed by atoms with Gasteiger partial charge < -0.3 is 10.8 Å². The van der Waals surface area contributed by atoms with E-state index in [9.17, 15) is 5.11 Å². The lowest BCUT2D eigenvalue weighted by atomic mass is 9.72. The lowest BCUT2D eigenvalue weighted by molar-refractivity contribution is -0.0471. The fourth-order valence-electron chi connectivity index (χ4n) is 2.12. The van der Waals surface area contributed by atoms with E-state index in [2.05, 4.69) is 0 Å². The zero-order valence-electron chi connectivity index (χ0n) is 7.56. The third kappa shape index (κ3) is 1.42. The van der Waals surface area contributed by atoms with Gasteiger partial charge in [-0.05, 0) is 26.7 Å². The fourth-order valence-corrected chi connectivity index (χ4v) is 2.12. The Hall–Kier alpha value is -0.0800. The Labute approximate surface area is 68.8 Å². The van der Waals surface area contributed by atoms with E-state index in [1.165, 1.54) is 12.8 Å². The minimum absolute atomic E-state index is 0.00694. The van der Waals surface area contributed by atoms with E-state index in [1.807, 2.05) is 13.8 Å². The molecule has 1 saturated carbocycles. The van der Waals surface area contributed by atoms with Crippen LogP contribution in [0.1, 0.15) is 39.5 Å². The van der Waals surface area contributed by atoms with Gasteiger partial charge >= 0.3 is 0 Å². The third-order valence-electron chi connectivity index (χ3n) is 3.25. The number of hydrogen-bond acceptors (Lipinski definition) is 2. The molecule has 3 N–H and O–H groups in total. The summed E-state index contributed by atoms with van der Waals surface area (Å²) < 4.78 is 0. The Balaban J connectivity index is 2.75. The lowest BCUT2D eigenvalue weighted by Gasteiger charge is -2.39. The predicted octanol–water partition coefficient (Wildman–Crippen LogP) is 1.28. The fraction of sp³-hybridized carbons (Fsp3) is 1.00. The summed E-state index contributed by atoms with van der Waals surface area (Å²) in [6, 6.07) is 0. The van der Waals surface area contributed by atoms with Crippen molar-refractivity contribution in [1.29, 1.82) is 0 Å². The summed E-state index contributed by atoms with van der Waals surface area (Å²) in [7, 11) is 0. The van der Waals surface area contributed by atoms with Crippen LogP contribution in [0.5, 0.6) is 0 Å². The van der Waals surface area contributed by atoms with E-state index in [0.717, 1.165) is 12.8 Å². The van der Waals surface area contributed by atoms with Crippen molar-refractivity contribution < 1.29 is 5.11 Å². The quantitative estimate of drug-likeness (QED) is 0.634. The van der Waals surface area contributed by atoms with Crippen LogP contribution >= 0.6 is 0 Å². The molecular formula is C9H19NO. The Morgan fingerprint density at radius 2 is 1.82 bits per heavy atom. The van der Waals surface area contributed by atoms with Gasteiger partial charge in [0.25, 0.3) is 0 Å². The van der Waals surface area contributed by atoms with E-state index in [1.54, 1.807) is 0 Å². The van der Waals surface area contributed by atoms with Gasteiger partial charge in [-0.3, -0.25) is 0 Å². The van der Waals surface area contributed by atoms with Crippen LogP contribution in [0.15, 0.2) is 0 Å². The largest absolute Gasteiger partial charge is 0.390 e. The maximum atomic E-state index is 9.89. The normalized spacial score (nSPS) is 24.0. The van der Waals surface area contributed by atoms with Gasteiger partial charge in [-0.15, -0.1) is 0 Å². The molecule has 0 aromatic rings. The summed E-state index contributed by atoms with van der Waals surface area (Å²) in [6.45, 7) is 4.38. The van der Waals surface area contributed by atoms with Crippen molar-refractivity contribution in [2.24, 2.45) is 11.1 Å². The molecule has 0 radical (unpaired) electrons. The first-order valence-electron chi connectivity index (χ1n) is 4.44. The Kier molecular flexibility index (Phi) is 2.26. The average Bonchev–Trinajstić information content (AvgIpc) is 2.33. The van der Waals surface area contributed by atoms with Crippen LogP contribution in [0.3, 0.4) is 0 Å². The first kappa shape index (κ1) is 9.01.